The summed E-state index contributed by atoms with van der Waals surface area (Å²) in [5.41, 5.74) is 3.63. The average Bonchev–Trinajstić information content (AvgIpc) is 3.03. The number of ether oxygens (including phenoxy) is 1. The largest absolute Gasteiger partial charge is 0.370 e. The van der Waals surface area contributed by atoms with Gasteiger partial charge in [-0.25, -0.2) is 0 Å². The second-order valence-electron chi connectivity index (χ2n) is 7.15. The number of aryl methyl sites for hydroxylation is 1. The van der Waals surface area contributed by atoms with Crippen molar-refractivity contribution in [2.45, 2.75) is 39.8 Å². The molecule has 6 heteroatoms. The monoisotopic (exact) mass is 358 g/mol. The lowest BCUT2D eigenvalue weighted by Gasteiger charge is -2.24. The molecule has 0 aliphatic carbocycles. The fraction of sp³-hybridized carbons (Fsp3) is 0.500. The van der Waals surface area contributed by atoms with Crippen molar-refractivity contribution in [2.75, 3.05) is 26.3 Å². The molecule has 0 saturated carbocycles. The Morgan fingerprint density at radius 3 is 2.62 bits per heavy atom. The van der Waals surface area contributed by atoms with E-state index < -0.39 is 0 Å². The quantitative estimate of drug-likeness (QED) is 0.820. The van der Waals surface area contributed by atoms with Crippen LogP contribution in [0.4, 0.5) is 0 Å². The summed E-state index contributed by atoms with van der Waals surface area (Å²) < 4.78 is 10.8. The zero-order chi connectivity index (χ0) is 18.5. The fourth-order valence-corrected chi connectivity index (χ4v) is 3.33. The maximum atomic E-state index is 12.7. The lowest BCUT2D eigenvalue weighted by Crippen LogP contribution is -3.12. The van der Waals surface area contributed by atoms with Crippen LogP contribution in [0, 0.1) is 6.92 Å². The van der Waals surface area contributed by atoms with Gasteiger partial charge in [0.1, 0.15) is 25.2 Å². The summed E-state index contributed by atoms with van der Waals surface area (Å²) in [7, 11) is 0. The number of morpholine rings is 1. The van der Waals surface area contributed by atoms with E-state index in [9.17, 15) is 4.79 Å². The van der Waals surface area contributed by atoms with Crippen LogP contribution in [0.15, 0.2) is 28.8 Å². The van der Waals surface area contributed by atoms with Crippen LogP contribution in [0.25, 0.3) is 0 Å². The van der Waals surface area contributed by atoms with Crippen molar-refractivity contribution in [1.82, 2.24) is 10.5 Å². The van der Waals surface area contributed by atoms with E-state index in [0.29, 0.717) is 23.6 Å². The van der Waals surface area contributed by atoms with Gasteiger partial charge >= 0.3 is 0 Å². The summed E-state index contributed by atoms with van der Waals surface area (Å²) in [6, 6.07) is 8.30. The molecule has 1 amide bonds. The van der Waals surface area contributed by atoms with Gasteiger partial charge in [0, 0.05) is 18.0 Å². The van der Waals surface area contributed by atoms with Gasteiger partial charge in [0.05, 0.1) is 18.9 Å². The summed E-state index contributed by atoms with van der Waals surface area (Å²) in [5.74, 6) is 0.640. The van der Waals surface area contributed by atoms with Crippen molar-refractivity contribution in [3.8, 4) is 0 Å². The van der Waals surface area contributed by atoms with Crippen molar-refractivity contribution in [3.05, 3.63) is 52.4 Å². The highest BCUT2D eigenvalue weighted by Crippen LogP contribution is 2.22. The Kier molecular flexibility index (Phi) is 6.06. The molecule has 6 nitrogen and oxygen atoms in total. The highest BCUT2D eigenvalue weighted by molar-refractivity contribution is 5.96. The third kappa shape index (κ3) is 4.31. The molecule has 0 spiro atoms. The number of amides is 1. The number of carbonyl (C=O) groups excluding carboxylic acids is 1. The summed E-state index contributed by atoms with van der Waals surface area (Å²) in [6.07, 6.45) is 0. The number of aromatic nitrogens is 1. The molecule has 2 aromatic rings. The molecule has 26 heavy (non-hydrogen) atoms. The molecule has 1 saturated heterocycles. The van der Waals surface area contributed by atoms with Gasteiger partial charge in [-0.3, -0.25) is 4.79 Å². The maximum Gasteiger partial charge on any atom is 0.257 e. The molecule has 140 valence electrons. The van der Waals surface area contributed by atoms with Crippen molar-refractivity contribution in [1.29, 1.82) is 0 Å². The highest BCUT2D eigenvalue weighted by Gasteiger charge is 2.23. The van der Waals surface area contributed by atoms with Crippen LogP contribution in [-0.2, 0) is 17.8 Å². The topological polar surface area (TPSA) is 68.8 Å². The van der Waals surface area contributed by atoms with Gasteiger partial charge in [-0.1, -0.05) is 43.3 Å². The van der Waals surface area contributed by atoms with Crippen LogP contribution >= 0.6 is 0 Å². The minimum absolute atomic E-state index is 0.120. The number of rotatable bonds is 6. The second kappa shape index (κ2) is 8.47. The Hall–Kier alpha value is -2.18. The van der Waals surface area contributed by atoms with E-state index in [1.807, 2.05) is 19.9 Å². The van der Waals surface area contributed by atoms with E-state index in [0.717, 1.165) is 38.4 Å². The molecule has 0 unspecified atom stereocenters. The van der Waals surface area contributed by atoms with E-state index in [1.165, 1.54) is 10.5 Å². The van der Waals surface area contributed by atoms with Gasteiger partial charge in [-0.05, 0) is 12.5 Å². The van der Waals surface area contributed by atoms with E-state index in [2.05, 4.69) is 28.7 Å². The van der Waals surface area contributed by atoms with Gasteiger partial charge in [0.15, 0.2) is 5.76 Å². The van der Waals surface area contributed by atoms with Crippen LogP contribution in [0.3, 0.4) is 0 Å². The minimum Gasteiger partial charge on any atom is -0.370 e. The predicted molar refractivity (Wildman–Crippen MR) is 98.2 cm³/mol. The molecule has 2 heterocycles. The summed E-state index contributed by atoms with van der Waals surface area (Å²) in [5, 5.41) is 7.00. The SMILES string of the molecule is Cc1noc(C(C)C)c1C(=O)NCc1ccccc1C[NH+]1CCOCC1. The zero-order valence-electron chi connectivity index (χ0n) is 15.8. The van der Waals surface area contributed by atoms with E-state index in [1.54, 1.807) is 6.92 Å². The number of nitrogens with one attached hydrogen (secondary N) is 2. The Bertz CT molecular complexity index is 749. The third-order valence-corrected chi connectivity index (χ3v) is 4.84. The first-order chi connectivity index (χ1) is 12.6. The first-order valence-electron chi connectivity index (χ1n) is 9.28. The molecule has 1 aromatic heterocycles. The first-order valence-corrected chi connectivity index (χ1v) is 9.28. The second-order valence-corrected chi connectivity index (χ2v) is 7.15. The van der Waals surface area contributed by atoms with Crippen LogP contribution in [0.2, 0.25) is 0 Å². The number of hydrogen-bond donors (Lipinski definition) is 2. The maximum absolute atomic E-state index is 12.7. The molecular weight excluding hydrogens is 330 g/mol. The molecule has 1 aliphatic rings. The molecule has 0 bridgehead atoms. The number of benzene rings is 1. The first kappa shape index (κ1) is 18.6. The molecule has 1 aromatic carbocycles. The van der Waals surface area contributed by atoms with Crippen LogP contribution in [-0.4, -0.2) is 37.4 Å². The minimum atomic E-state index is -0.124. The fourth-order valence-electron chi connectivity index (χ4n) is 3.33. The van der Waals surface area contributed by atoms with Crippen LogP contribution < -0.4 is 10.2 Å². The van der Waals surface area contributed by atoms with Crippen molar-refractivity contribution in [3.63, 3.8) is 0 Å². The lowest BCUT2D eigenvalue weighted by molar-refractivity contribution is -0.921. The molecule has 0 atom stereocenters. The Morgan fingerprint density at radius 2 is 1.92 bits per heavy atom. The number of hydrogen-bond acceptors (Lipinski definition) is 4. The van der Waals surface area contributed by atoms with E-state index >= 15 is 0 Å². The number of carbonyl (C=O) groups is 1. The van der Waals surface area contributed by atoms with Crippen molar-refractivity contribution < 1.29 is 19.0 Å². The Labute approximate surface area is 154 Å². The van der Waals surface area contributed by atoms with Crippen LogP contribution in [0.1, 0.15) is 52.7 Å². The summed E-state index contributed by atoms with van der Waals surface area (Å²) >= 11 is 0. The zero-order valence-corrected chi connectivity index (χ0v) is 15.8. The highest BCUT2D eigenvalue weighted by atomic mass is 16.5. The van der Waals surface area contributed by atoms with Gasteiger partial charge in [0.25, 0.3) is 5.91 Å². The molecule has 2 N–H and O–H groups in total. The average molecular weight is 358 g/mol. The Balaban J connectivity index is 1.68. The van der Waals surface area contributed by atoms with Gasteiger partial charge in [-0.2, -0.15) is 0 Å². The van der Waals surface area contributed by atoms with E-state index in [-0.39, 0.29) is 11.8 Å². The van der Waals surface area contributed by atoms with E-state index in [4.69, 9.17) is 9.26 Å². The summed E-state index contributed by atoms with van der Waals surface area (Å²) in [4.78, 5) is 14.2. The normalized spacial score (nSPS) is 15.4. The Morgan fingerprint density at radius 1 is 1.23 bits per heavy atom. The molecule has 1 aliphatic heterocycles. The smallest absolute Gasteiger partial charge is 0.257 e. The van der Waals surface area contributed by atoms with Gasteiger partial charge in [-0.15, -0.1) is 0 Å². The molecule has 0 radical (unpaired) electrons. The van der Waals surface area contributed by atoms with Gasteiger partial charge < -0.3 is 19.5 Å². The van der Waals surface area contributed by atoms with Gasteiger partial charge in [0.2, 0.25) is 0 Å². The predicted octanol–water partition coefficient (Wildman–Crippen LogP) is 1.45. The number of nitrogens with zero attached hydrogens (tertiary/aromatic N) is 1. The lowest BCUT2D eigenvalue weighted by atomic mass is 10.0. The molecule has 3 rings (SSSR count). The van der Waals surface area contributed by atoms with Crippen LogP contribution in [0.5, 0.6) is 0 Å². The summed E-state index contributed by atoms with van der Waals surface area (Å²) in [6.45, 7) is 10.9. The molecular formula is C20H28N3O3+. The third-order valence-electron chi connectivity index (χ3n) is 4.84. The van der Waals surface area contributed by atoms with Crippen molar-refractivity contribution in [2.24, 2.45) is 0 Å². The molecule has 1 fully saturated rings. The standard InChI is InChI=1S/C20H27N3O3/c1-14(2)19-18(15(3)22-26-19)20(24)21-12-16-6-4-5-7-17(16)13-23-8-10-25-11-9-23/h4-7,14H,8-13H2,1-3H3,(H,21,24)/p+1. The van der Waals surface area contributed by atoms with Crippen molar-refractivity contribution >= 4 is 5.91 Å². The number of quaternary nitrogens is 1.